The molecule has 1 rings (SSSR count). The zero-order valence-electron chi connectivity index (χ0n) is 7.77. The van der Waals surface area contributed by atoms with Crippen LogP contribution in [0.2, 0.25) is 0 Å². The van der Waals surface area contributed by atoms with Crippen molar-refractivity contribution in [2.75, 3.05) is 19.6 Å². The fourth-order valence-electron chi connectivity index (χ4n) is 1.60. The summed E-state index contributed by atoms with van der Waals surface area (Å²) in [6.07, 6.45) is 2.74. The third kappa shape index (κ3) is 3.06. The molecule has 0 N–H and O–H groups in total. The second-order valence-corrected chi connectivity index (χ2v) is 3.92. The van der Waals surface area contributed by atoms with E-state index in [1.165, 1.54) is 31.5 Å². The smallest absolute Gasteiger partial charge is 0.0187 e. The van der Waals surface area contributed by atoms with Gasteiger partial charge < -0.3 is 0 Å². The van der Waals surface area contributed by atoms with Crippen LogP contribution in [0, 0.1) is 5.92 Å². The highest BCUT2D eigenvalue weighted by atomic mass is 15.1. The van der Waals surface area contributed by atoms with Gasteiger partial charge in [0.05, 0.1) is 0 Å². The first-order chi connectivity index (χ1) is 5.18. The van der Waals surface area contributed by atoms with Crippen molar-refractivity contribution in [2.24, 2.45) is 5.92 Å². The number of piperidine rings is 1. The Morgan fingerprint density at radius 1 is 1.45 bits per heavy atom. The molecular weight excluding hydrogens is 134 g/mol. The average molecular weight is 153 g/mol. The predicted octanol–water partition coefficient (Wildman–Crippen LogP) is 2.29. The molecule has 1 aliphatic heterocycles. The van der Waals surface area contributed by atoms with E-state index in [1.807, 2.05) is 0 Å². The first kappa shape index (κ1) is 8.79. The van der Waals surface area contributed by atoms with E-state index in [1.54, 1.807) is 0 Å². The van der Waals surface area contributed by atoms with Crippen molar-refractivity contribution in [2.45, 2.75) is 26.7 Å². The fraction of sp³-hybridized carbons (Fsp3) is 0.800. The van der Waals surface area contributed by atoms with E-state index in [0.717, 1.165) is 12.5 Å². The van der Waals surface area contributed by atoms with E-state index < -0.39 is 0 Å². The van der Waals surface area contributed by atoms with E-state index >= 15 is 0 Å². The monoisotopic (exact) mass is 153 g/mol. The van der Waals surface area contributed by atoms with Crippen LogP contribution < -0.4 is 0 Å². The van der Waals surface area contributed by atoms with Crippen molar-refractivity contribution >= 4 is 0 Å². The first-order valence-electron chi connectivity index (χ1n) is 4.55. The summed E-state index contributed by atoms with van der Waals surface area (Å²) in [6, 6.07) is 0. The van der Waals surface area contributed by atoms with Gasteiger partial charge in [0.15, 0.2) is 0 Å². The molecular formula is C10H19N. The van der Waals surface area contributed by atoms with Gasteiger partial charge in [0.2, 0.25) is 0 Å². The topological polar surface area (TPSA) is 3.24 Å². The SMILES string of the molecule is C=C(C)CN1CCC(C)CC1. The van der Waals surface area contributed by atoms with Crippen LogP contribution in [0.3, 0.4) is 0 Å². The van der Waals surface area contributed by atoms with Crippen LogP contribution in [0.1, 0.15) is 26.7 Å². The Kier molecular flexibility index (Phi) is 3.13. The zero-order chi connectivity index (χ0) is 8.27. The van der Waals surface area contributed by atoms with Gasteiger partial charge in [0.25, 0.3) is 0 Å². The Balaban J connectivity index is 2.22. The Hall–Kier alpha value is -0.300. The van der Waals surface area contributed by atoms with Gasteiger partial charge in [-0.2, -0.15) is 0 Å². The van der Waals surface area contributed by atoms with Crippen LogP contribution >= 0.6 is 0 Å². The summed E-state index contributed by atoms with van der Waals surface area (Å²) in [5.41, 5.74) is 1.29. The Bertz CT molecular complexity index is 132. The molecule has 0 radical (unpaired) electrons. The molecule has 0 aromatic rings. The largest absolute Gasteiger partial charge is 0.299 e. The van der Waals surface area contributed by atoms with Crippen LogP contribution in [0.25, 0.3) is 0 Å². The van der Waals surface area contributed by atoms with Gasteiger partial charge in [-0.1, -0.05) is 19.1 Å². The van der Waals surface area contributed by atoms with E-state index in [0.29, 0.717) is 0 Å². The van der Waals surface area contributed by atoms with Gasteiger partial charge in [0.1, 0.15) is 0 Å². The van der Waals surface area contributed by atoms with Crippen LogP contribution in [0.4, 0.5) is 0 Å². The normalized spacial score (nSPS) is 22.0. The lowest BCUT2D eigenvalue weighted by Crippen LogP contribution is -2.33. The summed E-state index contributed by atoms with van der Waals surface area (Å²) in [5, 5.41) is 0. The zero-order valence-corrected chi connectivity index (χ0v) is 7.77. The fourth-order valence-corrected chi connectivity index (χ4v) is 1.60. The lowest BCUT2D eigenvalue weighted by atomic mass is 9.99. The third-order valence-corrected chi connectivity index (χ3v) is 2.37. The molecule has 0 amide bonds. The van der Waals surface area contributed by atoms with Crippen molar-refractivity contribution in [3.05, 3.63) is 12.2 Å². The van der Waals surface area contributed by atoms with E-state index in [4.69, 9.17) is 0 Å². The van der Waals surface area contributed by atoms with E-state index in [9.17, 15) is 0 Å². The maximum absolute atomic E-state index is 3.93. The van der Waals surface area contributed by atoms with Crippen LogP contribution in [0.15, 0.2) is 12.2 Å². The molecule has 0 unspecified atom stereocenters. The minimum atomic E-state index is 0.941. The summed E-state index contributed by atoms with van der Waals surface area (Å²) in [4.78, 5) is 2.50. The second-order valence-electron chi connectivity index (χ2n) is 3.92. The molecule has 0 atom stereocenters. The molecule has 1 nitrogen and oxygen atoms in total. The molecule has 1 aliphatic rings. The summed E-state index contributed by atoms with van der Waals surface area (Å²) >= 11 is 0. The summed E-state index contributed by atoms with van der Waals surface area (Å²) < 4.78 is 0. The maximum atomic E-state index is 3.93. The molecule has 0 aliphatic carbocycles. The number of hydrogen-bond acceptors (Lipinski definition) is 1. The molecule has 1 heteroatoms. The first-order valence-corrected chi connectivity index (χ1v) is 4.55. The number of nitrogens with zero attached hydrogens (tertiary/aromatic N) is 1. The quantitative estimate of drug-likeness (QED) is 0.550. The van der Waals surface area contributed by atoms with Gasteiger partial charge in [-0.05, 0) is 38.8 Å². The summed E-state index contributed by atoms with van der Waals surface area (Å²) in [5.74, 6) is 0.941. The maximum Gasteiger partial charge on any atom is 0.0187 e. The lowest BCUT2D eigenvalue weighted by Gasteiger charge is -2.30. The molecule has 0 aromatic carbocycles. The Morgan fingerprint density at radius 3 is 2.45 bits per heavy atom. The minimum Gasteiger partial charge on any atom is -0.299 e. The van der Waals surface area contributed by atoms with Crippen molar-refractivity contribution in [1.29, 1.82) is 0 Å². The predicted molar refractivity (Wildman–Crippen MR) is 49.7 cm³/mol. The second kappa shape index (κ2) is 3.91. The van der Waals surface area contributed by atoms with Gasteiger partial charge in [0, 0.05) is 6.54 Å². The standard InChI is InChI=1S/C10H19N/c1-9(2)8-11-6-4-10(3)5-7-11/h10H,1,4-8H2,2-3H3. The summed E-state index contributed by atoms with van der Waals surface area (Å²) in [7, 11) is 0. The van der Waals surface area contributed by atoms with E-state index in [2.05, 4.69) is 25.3 Å². The summed E-state index contributed by atoms with van der Waals surface area (Å²) in [6.45, 7) is 12.0. The number of hydrogen-bond donors (Lipinski definition) is 0. The molecule has 0 saturated carbocycles. The molecule has 1 fully saturated rings. The minimum absolute atomic E-state index is 0.941. The van der Waals surface area contributed by atoms with Gasteiger partial charge in [-0.3, -0.25) is 4.90 Å². The van der Waals surface area contributed by atoms with Crippen molar-refractivity contribution < 1.29 is 0 Å². The van der Waals surface area contributed by atoms with Crippen LogP contribution in [0.5, 0.6) is 0 Å². The van der Waals surface area contributed by atoms with Crippen LogP contribution in [-0.4, -0.2) is 24.5 Å². The van der Waals surface area contributed by atoms with Crippen molar-refractivity contribution in [1.82, 2.24) is 4.90 Å². The Labute approximate surface area is 70.1 Å². The molecule has 0 spiro atoms. The number of rotatable bonds is 2. The van der Waals surface area contributed by atoms with Gasteiger partial charge >= 0.3 is 0 Å². The molecule has 1 heterocycles. The van der Waals surface area contributed by atoms with Crippen LogP contribution in [-0.2, 0) is 0 Å². The van der Waals surface area contributed by atoms with Crippen molar-refractivity contribution in [3.63, 3.8) is 0 Å². The molecule has 0 aromatic heterocycles. The molecule has 0 bridgehead atoms. The highest BCUT2D eigenvalue weighted by Gasteiger charge is 2.14. The molecule has 11 heavy (non-hydrogen) atoms. The highest BCUT2D eigenvalue weighted by molar-refractivity contribution is 4.92. The average Bonchev–Trinajstić information content (AvgIpc) is 1.93. The number of likely N-dealkylation sites (tertiary alicyclic amines) is 1. The Morgan fingerprint density at radius 2 is 2.00 bits per heavy atom. The molecule has 1 saturated heterocycles. The van der Waals surface area contributed by atoms with Crippen molar-refractivity contribution in [3.8, 4) is 0 Å². The van der Waals surface area contributed by atoms with Gasteiger partial charge in [-0.25, -0.2) is 0 Å². The molecule has 64 valence electrons. The van der Waals surface area contributed by atoms with E-state index in [-0.39, 0.29) is 0 Å². The lowest BCUT2D eigenvalue weighted by molar-refractivity contribution is 0.206. The van der Waals surface area contributed by atoms with Gasteiger partial charge in [-0.15, -0.1) is 0 Å². The highest BCUT2D eigenvalue weighted by Crippen LogP contribution is 2.16. The third-order valence-electron chi connectivity index (χ3n) is 2.37.